The largest absolute Gasteiger partial charge is 0.421 e. The van der Waals surface area contributed by atoms with Gasteiger partial charge in [-0.15, -0.1) is 0 Å². The molecule has 0 aliphatic carbocycles. The Morgan fingerprint density at radius 2 is 2.12 bits per heavy atom. The second kappa shape index (κ2) is 4.97. The lowest BCUT2D eigenvalue weighted by molar-refractivity contribution is -0.137. The molecule has 0 aliphatic heterocycles. The molecule has 16 heavy (non-hydrogen) atoms. The van der Waals surface area contributed by atoms with Gasteiger partial charge in [-0.2, -0.15) is 18.2 Å². The van der Waals surface area contributed by atoms with Gasteiger partial charge >= 0.3 is 6.18 Å². The van der Waals surface area contributed by atoms with Crippen LogP contribution in [-0.4, -0.2) is 28.2 Å². The fraction of sp³-hybridized carbons (Fsp3) is 0.500. The first-order valence-electron chi connectivity index (χ1n) is 4.49. The zero-order chi connectivity index (χ0) is 12.2. The highest BCUT2D eigenvalue weighted by Crippen LogP contribution is 2.33. The maximum Gasteiger partial charge on any atom is 0.421 e. The van der Waals surface area contributed by atoms with Crippen molar-refractivity contribution in [1.29, 1.82) is 0 Å². The number of aliphatic hydroxyl groups excluding tert-OH is 1. The van der Waals surface area contributed by atoms with Crippen molar-refractivity contribution in [2.24, 2.45) is 0 Å². The van der Waals surface area contributed by atoms with Gasteiger partial charge in [0.1, 0.15) is 11.4 Å². The Bertz CT molecular complexity index is 356. The summed E-state index contributed by atoms with van der Waals surface area (Å²) >= 11 is 0. The van der Waals surface area contributed by atoms with Crippen molar-refractivity contribution in [2.45, 2.75) is 12.6 Å². The first-order valence-corrected chi connectivity index (χ1v) is 4.49. The van der Waals surface area contributed by atoms with Crippen LogP contribution in [0, 0.1) is 0 Å². The minimum absolute atomic E-state index is 0.116. The molecule has 0 spiro atoms. The van der Waals surface area contributed by atoms with E-state index in [1.165, 1.54) is 0 Å². The van der Waals surface area contributed by atoms with Crippen LogP contribution in [0.2, 0.25) is 0 Å². The Hall–Kier alpha value is -1.57. The zero-order valence-corrected chi connectivity index (χ0v) is 8.25. The fourth-order valence-electron chi connectivity index (χ4n) is 1.02. The van der Waals surface area contributed by atoms with E-state index in [1.54, 1.807) is 0 Å². The molecule has 0 radical (unpaired) electrons. The first kappa shape index (κ1) is 12.5. The van der Waals surface area contributed by atoms with E-state index < -0.39 is 11.7 Å². The summed E-state index contributed by atoms with van der Waals surface area (Å²) in [5, 5.41) is 11.0. The van der Waals surface area contributed by atoms with Crippen molar-refractivity contribution in [1.82, 2.24) is 9.97 Å². The molecule has 5 nitrogen and oxygen atoms in total. The van der Waals surface area contributed by atoms with Crippen LogP contribution in [0.4, 0.5) is 24.9 Å². The SMILES string of the molecule is Nc1ncc(C(F)(F)F)c(NCCCO)n1. The molecule has 0 amide bonds. The molecular weight excluding hydrogens is 225 g/mol. The third kappa shape index (κ3) is 3.23. The van der Waals surface area contributed by atoms with E-state index in [0.29, 0.717) is 12.6 Å². The predicted molar refractivity (Wildman–Crippen MR) is 51.6 cm³/mol. The highest BCUT2D eigenvalue weighted by Gasteiger charge is 2.35. The van der Waals surface area contributed by atoms with Crippen LogP contribution in [0.25, 0.3) is 0 Å². The predicted octanol–water partition coefficient (Wildman–Crippen LogP) is 0.872. The van der Waals surface area contributed by atoms with Crippen LogP contribution in [0.5, 0.6) is 0 Å². The van der Waals surface area contributed by atoms with Gasteiger partial charge in [0.15, 0.2) is 0 Å². The molecule has 0 bridgehead atoms. The van der Waals surface area contributed by atoms with Crippen molar-refractivity contribution in [3.05, 3.63) is 11.8 Å². The summed E-state index contributed by atoms with van der Waals surface area (Å²) in [4.78, 5) is 6.76. The van der Waals surface area contributed by atoms with Gasteiger partial charge < -0.3 is 16.2 Å². The number of aromatic nitrogens is 2. The highest BCUT2D eigenvalue weighted by atomic mass is 19.4. The first-order chi connectivity index (χ1) is 7.45. The van der Waals surface area contributed by atoms with Crippen LogP contribution in [0.15, 0.2) is 6.20 Å². The van der Waals surface area contributed by atoms with E-state index >= 15 is 0 Å². The van der Waals surface area contributed by atoms with E-state index in [-0.39, 0.29) is 24.9 Å². The smallest absolute Gasteiger partial charge is 0.396 e. The van der Waals surface area contributed by atoms with Crippen molar-refractivity contribution in [3.63, 3.8) is 0 Å². The topological polar surface area (TPSA) is 84.1 Å². The summed E-state index contributed by atoms with van der Waals surface area (Å²) in [7, 11) is 0. The summed E-state index contributed by atoms with van der Waals surface area (Å²) in [6.07, 6.45) is -3.58. The minimum atomic E-state index is -4.53. The molecule has 0 atom stereocenters. The number of rotatable bonds is 4. The van der Waals surface area contributed by atoms with Crippen molar-refractivity contribution >= 4 is 11.8 Å². The van der Waals surface area contributed by atoms with Gasteiger partial charge in [-0.3, -0.25) is 0 Å². The summed E-state index contributed by atoms with van der Waals surface area (Å²) in [6.45, 7) is 0.0605. The molecule has 0 saturated carbocycles. The van der Waals surface area contributed by atoms with Crippen LogP contribution in [0.1, 0.15) is 12.0 Å². The normalized spacial score (nSPS) is 11.5. The molecular formula is C8H11F3N4O. The number of halogens is 3. The lowest BCUT2D eigenvalue weighted by atomic mass is 10.3. The van der Waals surface area contributed by atoms with Crippen molar-refractivity contribution in [3.8, 4) is 0 Å². The molecule has 8 heteroatoms. The van der Waals surface area contributed by atoms with E-state index in [0.717, 1.165) is 0 Å². The van der Waals surface area contributed by atoms with Gasteiger partial charge in [-0.25, -0.2) is 4.98 Å². The number of alkyl halides is 3. The Morgan fingerprint density at radius 1 is 1.44 bits per heavy atom. The summed E-state index contributed by atoms with van der Waals surface area (Å²) in [6, 6.07) is 0. The van der Waals surface area contributed by atoms with Crippen LogP contribution >= 0.6 is 0 Å². The average Bonchev–Trinajstić information content (AvgIpc) is 2.16. The van der Waals surface area contributed by atoms with E-state index in [2.05, 4.69) is 15.3 Å². The van der Waals surface area contributed by atoms with Gasteiger partial charge in [0.25, 0.3) is 0 Å². The standard InChI is InChI=1S/C8H11F3N4O/c9-8(10,11)5-4-14-7(12)15-6(5)13-2-1-3-16/h4,16H,1-3H2,(H3,12,13,14,15). The van der Waals surface area contributed by atoms with Gasteiger partial charge in [0.2, 0.25) is 5.95 Å². The Morgan fingerprint density at radius 3 is 2.69 bits per heavy atom. The Labute approximate surface area is 89.5 Å². The number of nitrogen functional groups attached to an aromatic ring is 1. The van der Waals surface area contributed by atoms with Gasteiger partial charge in [0.05, 0.1) is 0 Å². The third-order valence-corrected chi connectivity index (χ3v) is 1.74. The zero-order valence-electron chi connectivity index (χ0n) is 8.25. The number of nitrogens with one attached hydrogen (secondary N) is 1. The number of hydrogen-bond donors (Lipinski definition) is 3. The summed E-state index contributed by atoms with van der Waals surface area (Å²) in [5.41, 5.74) is 4.22. The monoisotopic (exact) mass is 236 g/mol. The molecule has 1 aromatic rings. The van der Waals surface area contributed by atoms with E-state index in [9.17, 15) is 13.2 Å². The van der Waals surface area contributed by atoms with E-state index in [4.69, 9.17) is 10.8 Å². The molecule has 1 rings (SSSR count). The van der Waals surface area contributed by atoms with Gasteiger partial charge in [-0.05, 0) is 6.42 Å². The third-order valence-electron chi connectivity index (χ3n) is 1.74. The maximum absolute atomic E-state index is 12.5. The van der Waals surface area contributed by atoms with Crippen molar-refractivity contribution < 1.29 is 18.3 Å². The quantitative estimate of drug-likeness (QED) is 0.675. The Kier molecular flexibility index (Phi) is 3.88. The maximum atomic E-state index is 12.5. The van der Waals surface area contributed by atoms with Crippen molar-refractivity contribution in [2.75, 3.05) is 24.2 Å². The molecule has 0 unspecified atom stereocenters. The molecule has 0 aliphatic rings. The summed E-state index contributed by atoms with van der Waals surface area (Å²) < 4.78 is 37.4. The number of hydrogen-bond acceptors (Lipinski definition) is 5. The lowest BCUT2D eigenvalue weighted by Crippen LogP contribution is -2.15. The fourth-order valence-corrected chi connectivity index (χ4v) is 1.02. The average molecular weight is 236 g/mol. The molecule has 0 fully saturated rings. The number of anilines is 2. The van der Waals surface area contributed by atoms with Gasteiger partial charge in [0, 0.05) is 19.3 Å². The number of aliphatic hydroxyl groups is 1. The molecule has 90 valence electrons. The minimum Gasteiger partial charge on any atom is -0.396 e. The molecule has 0 saturated heterocycles. The number of nitrogens with zero attached hydrogens (tertiary/aromatic N) is 2. The van der Waals surface area contributed by atoms with Crippen LogP contribution in [0.3, 0.4) is 0 Å². The highest BCUT2D eigenvalue weighted by molar-refractivity contribution is 5.47. The summed E-state index contributed by atoms with van der Waals surface area (Å²) in [5.74, 6) is -0.604. The second-order valence-corrected chi connectivity index (χ2v) is 2.99. The van der Waals surface area contributed by atoms with E-state index in [1.807, 2.05) is 0 Å². The van der Waals surface area contributed by atoms with Gasteiger partial charge in [-0.1, -0.05) is 0 Å². The molecule has 1 aromatic heterocycles. The lowest BCUT2D eigenvalue weighted by Gasteiger charge is -2.12. The second-order valence-electron chi connectivity index (χ2n) is 2.99. The number of nitrogens with two attached hydrogens (primary N) is 1. The molecule has 0 aromatic carbocycles. The van der Waals surface area contributed by atoms with Crippen LogP contribution < -0.4 is 11.1 Å². The molecule has 1 heterocycles. The molecule has 4 N–H and O–H groups in total. The van der Waals surface area contributed by atoms with Crippen LogP contribution in [-0.2, 0) is 6.18 Å². The Balaban J connectivity index is 2.90.